The molecule has 0 radical (unpaired) electrons. The second-order valence-electron chi connectivity index (χ2n) is 8.91. The molecular formula is C26H33N5O2. The molecular weight excluding hydrogens is 414 g/mol. The number of amides is 2. The average molecular weight is 448 g/mol. The summed E-state index contributed by atoms with van der Waals surface area (Å²) in [7, 11) is 5.59. The van der Waals surface area contributed by atoms with Crippen LogP contribution in [-0.4, -0.2) is 50.7 Å². The van der Waals surface area contributed by atoms with Crippen molar-refractivity contribution in [1.82, 2.24) is 24.6 Å². The lowest BCUT2D eigenvalue weighted by atomic mass is 9.95. The maximum Gasteiger partial charge on any atom is 0.272 e. The van der Waals surface area contributed by atoms with Crippen molar-refractivity contribution in [1.29, 1.82) is 0 Å². The monoisotopic (exact) mass is 447 g/mol. The predicted octanol–water partition coefficient (Wildman–Crippen LogP) is 3.14. The molecule has 0 bridgehead atoms. The van der Waals surface area contributed by atoms with Crippen LogP contribution in [0.2, 0.25) is 0 Å². The number of carbonyl (C=O) groups is 2. The molecule has 4 rings (SSSR count). The van der Waals surface area contributed by atoms with Crippen molar-refractivity contribution in [2.45, 2.75) is 44.6 Å². The highest BCUT2D eigenvalue weighted by Gasteiger charge is 2.29. The first kappa shape index (κ1) is 22.8. The summed E-state index contributed by atoms with van der Waals surface area (Å²) in [6.07, 6.45) is 7.32. The van der Waals surface area contributed by atoms with Crippen molar-refractivity contribution >= 4 is 11.8 Å². The summed E-state index contributed by atoms with van der Waals surface area (Å²) >= 11 is 0. The third kappa shape index (κ3) is 5.02. The molecule has 174 valence electrons. The summed E-state index contributed by atoms with van der Waals surface area (Å²) in [5, 5.41) is 7.65. The van der Waals surface area contributed by atoms with E-state index in [-0.39, 0.29) is 17.9 Å². The molecule has 1 aliphatic carbocycles. The molecule has 2 amide bonds. The molecule has 1 aliphatic rings. The summed E-state index contributed by atoms with van der Waals surface area (Å²) in [6, 6.07) is 13.8. The highest BCUT2D eigenvalue weighted by molar-refractivity contribution is 5.94. The number of nitrogens with zero attached hydrogens (tertiary/aromatic N) is 4. The van der Waals surface area contributed by atoms with Gasteiger partial charge < -0.3 is 14.8 Å². The number of likely N-dealkylation sites (N-methyl/N-ethyl adjacent to an activating group) is 1. The van der Waals surface area contributed by atoms with Gasteiger partial charge in [0.05, 0.1) is 5.69 Å². The molecule has 7 heteroatoms. The molecule has 0 spiro atoms. The molecule has 2 aromatic heterocycles. The summed E-state index contributed by atoms with van der Waals surface area (Å²) in [4.78, 5) is 28.0. The number of aryl methyl sites for hydroxylation is 3. The van der Waals surface area contributed by atoms with Gasteiger partial charge in [0.2, 0.25) is 0 Å². The normalized spacial score (nSPS) is 13.9. The maximum absolute atomic E-state index is 13.6. The number of fused-ring (bicyclic) bond motifs is 1. The molecule has 1 N–H and O–H groups in total. The van der Waals surface area contributed by atoms with Gasteiger partial charge in [0.15, 0.2) is 0 Å². The Morgan fingerprint density at radius 1 is 1.09 bits per heavy atom. The van der Waals surface area contributed by atoms with Crippen LogP contribution >= 0.6 is 0 Å². The lowest BCUT2D eigenvalue weighted by Gasteiger charge is -2.29. The molecule has 0 saturated heterocycles. The van der Waals surface area contributed by atoms with Crippen molar-refractivity contribution in [3.05, 3.63) is 76.9 Å². The van der Waals surface area contributed by atoms with Gasteiger partial charge in [-0.05, 0) is 56.2 Å². The number of carbonyl (C=O) groups excluding carboxylic acids is 2. The van der Waals surface area contributed by atoms with Crippen molar-refractivity contribution in [3.8, 4) is 0 Å². The molecule has 7 nitrogen and oxygen atoms in total. The minimum atomic E-state index is -0.101. The number of aromatic nitrogens is 3. The van der Waals surface area contributed by atoms with Gasteiger partial charge in [-0.15, -0.1) is 0 Å². The van der Waals surface area contributed by atoms with E-state index in [0.29, 0.717) is 24.4 Å². The molecule has 0 saturated carbocycles. The smallest absolute Gasteiger partial charge is 0.272 e. The van der Waals surface area contributed by atoms with Crippen LogP contribution in [0.4, 0.5) is 0 Å². The number of hydrogen-bond donors (Lipinski definition) is 1. The molecule has 33 heavy (non-hydrogen) atoms. The summed E-state index contributed by atoms with van der Waals surface area (Å²) < 4.78 is 3.56. The summed E-state index contributed by atoms with van der Waals surface area (Å²) in [5.74, 6) is -0.0986. The Morgan fingerprint density at radius 2 is 1.85 bits per heavy atom. The van der Waals surface area contributed by atoms with E-state index in [1.54, 1.807) is 15.3 Å². The van der Waals surface area contributed by atoms with E-state index in [0.717, 1.165) is 43.4 Å². The fraction of sp³-hybridized carbons (Fsp3) is 0.423. The van der Waals surface area contributed by atoms with E-state index in [1.807, 2.05) is 56.5 Å². The quantitative estimate of drug-likeness (QED) is 0.577. The van der Waals surface area contributed by atoms with Crippen molar-refractivity contribution in [3.63, 3.8) is 0 Å². The minimum absolute atomic E-state index is 0.00263. The molecule has 2 heterocycles. The van der Waals surface area contributed by atoms with E-state index in [9.17, 15) is 9.59 Å². The van der Waals surface area contributed by atoms with Gasteiger partial charge in [-0.3, -0.25) is 14.3 Å². The fourth-order valence-electron chi connectivity index (χ4n) is 4.74. The minimum Gasteiger partial charge on any atom is -0.351 e. The largest absolute Gasteiger partial charge is 0.351 e. The van der Waals surface area contributed by atoms with Crippen molar-refractivity contribution < 1.29 is 9.59 Å². The van der Waals surface area contributed by atoms with Crippen molar-refractivity contribution in [2.75, 3.05) is 13.6 Å². The van der Waals surface area contributed by atoms with E-state index in [2.05, 4.69) is 22.5 Å². The SMILES string of the molecule is CN(C(=O)c1c2c(nn1C)CCCC2)[C@H](CCNC(=O)c1cccn1C)Cc1ccccc1. The molecule has 1 atom stereocenters. The zero-order valence-electron chi connectivity index (χ0n) is 19.8. The van der Waals surface area contributed by atoms with E-state index >= 15 is 0 Å². The first-order chi connectivity index (χ1) is 16.0. The number of rotatable bonds is 8. The van der Waals surface area contributed by atoms with Gasteiger partial charge in [-0.1, -0.05) is 30.3 Å². The van der Waals surface area contributed by atoms with Crippen LogP contribution in [0.15, 0.2) is 48.7 Å². The Morgan fingerprint density at radius 3 is 2.58 bits per heavy atom. The van der Waals surface area contributed by atoms with Crippen LogP contribution in [0.5, 0.6) is 0 Å². The van der Waals surface area contributed by atoms with Gasteiger partial charge in [0.1, 0.15) is 11.4 Å². The molecule has 0 unspecified atom stereocenters. The number of benzene rings is 1. The fourth-order valence-corrected chi connectivity index (χ4v) is 4.74. The van der Waals surface area contributed by atoms with Gasteiger partial charge in [-0.25, -0.2) is 0 Å². The average Bonchev–Trinajstić information content (AvgIpc) is 3.40. The van der Waals surface area contributed by atoms with Gasteiger partial charge >= 0.3 is 0 Å². The van der Waals surface area contributed by atoms with Crippen LogP contribution in [0.25, 0.3) is 0 Å². The molecule has 3 aromatic rings. The molecule has 0 fully saturated rings. The third-order valence-electron chi connectivity index (χ3n) is 6.64. The Labute approximate surface area is 195 Å². The van der Waals surface area contributed by atoms with Crippen LogP contribution < -0.4 is 5.32 Å². The van der Waals surface area contributed by atoms with Crippen LogP contribution in [0, 0.1) is 0 Å². The van der Waals surface area contributed by atoms with Crippen LogP contribution in [-0.2, 0) is 33.4 Å². The Hall–Kier alpha value is -3.35. The lowest BCUT2D eigenvalue weighted by molar-refractivity contribution is 0.0710. The second kappa shape index (κ2) is 10.1. The number of hydrogen-bond acceptors (Lipinski definition) is 3. The van der Waals surface area contributed by atoms with Gasteiger partial charge in [0, 0.05) is 45.5 Å². The Bertz CT molecular complexity index is 1120. The summed E-state index contributed by atoms with van der Waals surface area (Å²) in [5.41, 5.74) is 4.67. The third-order valence-corrected chi connectivity index (χ3v) is 6.64. The first-order valence-corrected chi connectivity index (χ1v) is 11.7. The topological polar surface area (TPSA) is 72.2 Å². The highest BCUT2D eigenvalue weighted by Crippen LogP contribution is 2.25. The van der Waals surface area contributed by atoms with Gasteiger partial charge in [-0.2, -0.15) is 5.10 Å². The lowest BCUT2D eigenvalue weighted by Crippen LogP contribution is -2.42. The highest BCUT2D eigenvalue weighted by atomic mass is 16.2. The predicted molar refractivity (Wildman–Crippen MR) is 128 cm³/mol. The second-order valence-corrected chi connectivity index (χ2v) is 8.91. The Balaban J connectivity index is 1.50. The first-order valence-electron chi connectivity index (χ1n) is 11.7. The van der Waals surface area contributed by atoms with E-state index in [4.69, 9.17) is 0 Å². The van der Waals surface area contributed by atoms with Crippen LogP contribution in [0.1, 0.15) is 57.1 Å². The van der Waals surface area contributed by atoms with Crippen molar-refractivity contribution in [2.24, 2.45) is 14.1 Å². The maximum atomic E-state index is 13.6. The number of nitrogens with one attached hydrogen (secondary N) is 1. The zero-order chi connectivity index (χ0) is 23.4. The van der Waals surface area contributed by atoms with E-state index < -0.39 is 0 Å². The molecule has 0 aliphatic heterocycles. The Kier molecular flexibility index (Phi) is 6.96. The molecule has 1 aromatic carbocycles. The van der Waals surface area contributed by atoms with E-state index in [1.165, 1.54) is 5.56 Å². The summed E-state index contributed by atoms with van der Waals surface area (Å²) in [6.45, 7) is 0.489. The van der Waals surface area contributed by atoms with Gasteiger partial charge in [0.25, 0.3) is 11.8 Å². The zero-order valence-corrected chi connectivity index (χ0v) is 19.8. The van der Waals surface area contributed by atoms with Crippen LogP contribution in [0.3, 0.4) is 0 Å². The standard InChI is InChI=1S/C26H33N5O2/c1-29-17-9-14-23(29)25(32)27-16-15-20(18-19-10-5-4-6-11-19)30(2)26(33)24-21-12-7-8-13-22(21)28-31(24)3/h4-6,9-11,14,17,20H,7-8,12-13,15-16,18H2,1-3H3,(H,27,32)/t20-/m1/s1.